The molecular formula is C16H23NO. The fourth-order valence-electron chi connectivity index (χ4n) is 1.74. The molecule has 0 aliphatic heterocycles. The highest BCUT2D eigenvalue weighted by Crippen LogP contribution is 2.20. The Kier molecular flexibility index (Phi) is 5.63. The van der Waals surface area contributed by atoms with Crippen molar-refractivity contribution in [1.29, 1.82) is 0 Å². The summed E-state index contributed by atoms with van der Waals surface area (Å²) in [6.45, 7) is 8.42. The van der Waals surface area contributed by atoms with Crippen LogP contribution in [0.3, 0.4) is 0 Å². The molecule has 0 atom stereocenters. The highest BCUT2D eigenvalue weighted by molar-refractivity contribution is 5.68. The molecule has 0 bridgehead atoms. The van der Waals surface area contributed by atoms with Crippen molar-refractivity contribution in [2.45, 2.75) is 40.5 Å². The van der Waals surface area contributed by atoms with Crippen LogP contribution in [0, 0.1) is 0 Å². The van der Waals surface area contributed by atoms with Crippen LogP contribution in [0.5, 0.6) is 0 Å². The molecule has 2 heteroatoms. The Bertz CT molecular complexity index is 458. The first-order chi connectivity index (χ1) is 8.62. The van der Waals surface area contributed by atoms with Gasteiger partial charge < -0.3 is 4.74 Å². The minimum absolute atomic E-state index is 0.904. The maximum absolute atomic E-state index is 5.25. The average molecular weight is 245 g/mol. The molecule has 2 nitrogen and oxygen atoms in total. The summed E-state index contributed by atoms with van der Waals surface area (Å²) in [6, 6.07) is 2.06. The van der Waals surface area contributed by atoms with Gasteiger partial charge in [0.25, 0.3) is 0 Å². The van der Waals surface area contributed by atoms with E-state index in [1.54, 1.807) is 7.11 Å². The minimum Gasteiger partial charge on any atom is -0.501 e. The molecule has 0 N–H and O–H groups in total. The Morgan fingerprint density at radius 1 is 1.28 bits per heavy atom. The van der Waals surface area contributed by atoms with E-state index in [4.69, 9.17) is 4.74 Å². The maximum Gasteiger partial charge on any atom is 0.0931 e. The van der Waals surface area contributed by atoms with E-state index >= 15 is 0 Å². The number of ether oxygens (including phenoxy) is 1. The van der Waals surface area contributed by atoms with Crippen LogP contribution in [0.25, 0.3) is 12.2 Å². The van der Waals surface area contributed by atoms with Crippen LogP contribution in [0.1, 0.15) is 50.9 Å². The lowest BCUT2D eigenvalue weighted by atomic mass is 10.0. The zero-order valence-corrected chi connectivity index (χ0v) is 12.1. The van der Waals surface area contributed by atoms with E-state index in [0.717, 1.165) is 24.3 Å². The number of nitrogens with zero attached hydrogens (tertiary/aromatic N) is 1. The van der Waals surface area contributed by atoms with E-state index in [1.807, 2.05) is 13.1 Å². The van der Waals surface area contributed by atoms with Crippen LogP contribution in [-0.4, -0.2) is 12.1 Å². The Labute approximate surface area is 110 Å². The fourth-order valence-corrected chi connectivity index (χ4v) is 1.74. The van der Waals surface area contributed by atoms with Crippen LogP contribution in [0.4, 0.5) is 0 Å². The fraction of sp³-hybridized carbons (Fsp3) is 0.438. The van der Waals surface area contributed by atoms with Crippen molar-refractivity contribution in [1.82, 2.24) is 4.98 Å². The zero-order chi connectivity index (χ0) is 13.5. The Morgan fingerprint density at radius 2 is 2.00 bits per heavy atom. The molecule has 1 heterocycles. The normalized spacial score (nSPS) is 12.7. The van der Waals surface area contributed by atoms with Gasteiger partial charge in [0.15, 0.2) is 0 Å². The van der Waals surface area contributed by atoms with Crippen molar-refractivity contribution >= 4 is 12.2 Å². The molecule has 0 unspecified atom stereocenters. The van der Waals surface area contributed by atoms with E-state index in [-0.39, 0.29) is 0 Å². The van der Waals surface area contributed by atoms with E-state index in [0.29, 0.717) is 0 Å². The molecule has 0 spiro atoms. The van der Waals surface area contributed by atoms with Crippen LogP contribution in [0.15, 0.2) is 23.6 Å². The Hall–Kier alpha value is -1.57. The molecule has 98 valence electrons. The molecule has 0 amide bonds. The molecular weight excluding hydrogens is 222 g/mol. The first kappa shape index (κ1) is 14.5. The number of rotatable bonds is 5. The minimum atomic E-state index is 0.904. The smallest absolute Gasteiger partial charge is 0.0931 e. The summed E-state index contributed by atoms with van der Waals surface area (Å²) >= 11 is 0. The van der Waals surface area contributed by atoms with Gasteiger partial charge in [0.2, 0.25) is 0 Å². The average Bonchev–Trinajstić information content (AvgIpc) is 2.40. The summed E-state index contributed by atoms with van der Waals surface area (Å²) in [5, 5.41) is 0. The molecule has 1 aromatic heterocycles. The van der Waals surface area contributed by atoms with Crippen LogP contribution >= 0.6 is 0 Å². The standard InChI is InChI=1S/C16H23NO/c1-6-12(3)10-14-8-9-17-16(7-2)15(14)11-13(4)18-5/h8-11H,6-7H2,1-5H3/b12-10+,13-11+. The predicted molar refractivity (Wildman–Crippen MR) is 78.2 cm³/mol. The van der Waals surface area contributed by atoms with Gasteiger partial charge in [-0.15, -0.1) is 0 Å². The molecule has 1 rings (SSSR count). The molecule has 0 aromatic carbocycles. The molecule has 0 aliphatic rings. The summed E-state index contributed by atoms with van der Waals surface area (Å²) in [6.07, 6.45) is 8.18. The lowest BCUT2D eigenvalue weighted by molar-refractivity contribution is 0.297. The number of hydrogen-bond donors (Lipinski definition) is 0. The van der Waals surface area contributed by atoms with Crippen LogP contribution < -0.4 is 0 Å². The monoisotopic (exact) mass is 245 g/mol. The van der Waals surface area contributed by atoms with E-state index in [2.05, 4.69) is 44.0 Å². The second-order valence-electron chi connectivity index (χ2n) is 4.42. The van der Waals surface area contributed by atoms with Gasteiger partial charge in [-0.1, -0.05) is 25.5 Å². The SMILES string of the molecule is CC/C(C)=C/c1ccnc(CC)c1/C=C(\C)OC. The molecule has 1 aromatic rings. The van der Waals surface area contributed by atoms with E-state index < -0.39 is 0 Å². The van der Waals surface area contributed by atoms with Gasteiger partial charge in [-0.25, -0.2) is 0 Å². The summed E-state index contributed by atoms with van der Waals surface area (Å²) in [7, 11) is 1.70. The van der Waals surface area contributed by atoms with Crippen molar-refractivity contribution < 1.29 is 4.74 Å². The van der Waals surface area contributed by atoms with Crippen LogP contribution in [0.2, 0.25) is 0 Å². The van der Waals surface area contributed by atoms with Gasteiger partial charge in [-0.3, -0.25) is 4.98 Å². The van der Waals surface area contributed by atoms with Gasteiger partial charge in [0.1, 0.15) is 0 Å². The third-order valence-electron chi connectivity index (χ3n) is 3.07. The van der Waals surface area contributed by atoms with Gasteiger partial charge in [-0.05, 0) is 44.4 Å². The van der Waals surface area contributed by atoms with Gasteiger partial charge in [0, 0.05) is 17.5 Å². The third kappa shape index (κ3) is 3.73. The molecule has 0 saturated heterocycles. The third-order valence-corrected chi connectivity index (χ3v) is 3.07. The maximum atomic E-state index is 5.25. The first-order valence-corrected chi connectivity index (χ1v) is 6.49. The summed E-state index contributed by atoms with van der Waals surface area (Å²) < 4.78 is 5.25. The highest BCUT2D eigenvalue weighted by Gasteiger charge is 2.05. The quantitative estimate of drug-likeness (QED) is 0.714. The lowest BCUT2D eigenvalue weighted by Gasteiger charge is -2.09. The number of aryl methyl sites for hydroxylation is 1. The number of allylic oxidation sites excluding steroid dienone is 2. The summed E-state index contributed by atoms with van der Waals surface area (Å²) in [5.41, 5.74) is 4.88. The summed E-state index contributed by atoms with van der Waals surface area (Å²) in [4.78, 5) is 4.45. The first-order valence-electron chi connectivity index (χ1n) is 6.49. The van der Waals surface area contributed by atoms with Gasteiger partial charge in [0.05, 0.1) is 12.9 Å². The van der Waals surface area contributed by atoms with E-state index in [1.165, 1.54) is 16.7 Å². The number of hydrogen-bond acceptors (Lipinski definition) is 2. The summed E-state index contributed by atoms with van der Waals surface area (Å²) in [5.74, 6) is 0.904. The zero-order valence-electron chi connectivity index (χ0n) is 12.1. The number of aromatic nitrogens is 1. The number of methoxy groups -OCH3 is 1. The predicted octanol–water partition coefficient (Wildman–Crippen LogP) is 4.46. The Morgan fingerprint density at radius 3 is 2.56 bits per heavy atom. The van der Waals surface area contributed by atoms with Crippen LogP contribution in [-0.2, 0) is 11.2 Å². The van der Waals surface area contributed by atoms with Crippen molar-refractivity contribution in [3.63, 3.8) is 0 Å². The molecule has 18 heavy (non-hydrogen) atoms. The van der Waals surface area contributed by atoms with Crippen molar-refractivity contribution in [2.24, 2.45) is 0 Å². The molecule has 0 saturated carbocycles. The van der Waals surface area contributed by atoms with Crippen molar-refractivity contribution in [3.8, 4) is 0 Å². The molecule has 0 aliphatic carbocycles. The second kappa shape index (κ2) is 7.00. The second-order valence-corrected chi connectivity index (χ2v) is 4.42. The van der Waals surface area contributed by atoms with Crippen molar-refractivity contribution in [2.75, 3.05) is 7.11 Å². The van der Waals surface area contributed by atoms with Crippen molar-refractivity contribution in [3.05, 3.63) is 40.4 Å². The lowest BCUT2D eigenvalue weighted by Crippen LogP contribution is -1.96. The van der Waals surface area contributed by atoms with Gasteiger partial charge >= 0.3 is 0 Å². The Balaban J connectivity index is 3.34. The topological polar surface area (TPSA) is 22.1 Å². The largest absolute Gasteiger partial charge is 0.501 e. The van der Waals surface area contributed by atoms with E-state index in [9.17, 15) is 0 Å². The number of pyridine rings is 1. The highest BCUT2D eigenvalue weighted by atomic mass is 16.5. The molecule has 0 fully saturated rings. The van der Waals surface area contributed by atoms with Gasteiger partial charge in [-0.2, -0.15) is 0 Å². The molecule has 0 radical (unpaired) electrons.